The van der Waals surface area contributed by atoms with Gasteiger partial charge in [0.1, 0.15) is 0 Å². The van der Waals surface area contributed by atoms with Crippen molar-refractivity contribution < 1.29 is 0 Å². The summed E-state index contributed by atoms with van der Waals surface area (Å²) >= 11 is 0. The SMILES string of the molecule is c1ccc(-c2ccc(-c3ccc(N(c4ccc(-c5ccc(N(c6ccc(-c7ccc(-c8ccccc8)n7-c7ccccc7)cc6)c6cccnc6)cc5)cc4)c4cccnc4)cc3)n2-c2ccccc2)cc1. The third-order valence-corrected chi connectivity index (χ3v) is 13.2. The van der Waals surface area contributed by atoms with Gasteiger partial charge in [0.25, 0.3) is 0 Å². The van der Waals surface area contributed by atoms with E-state index in [1.165, 1.54) is 11.1 Å². The summed E-state index contributed by atoms with van der Waals surface area (Å²) in [4.78, 5) is 13.6. The van der Waals surface area contributed by atoms with Crippen molar-refractivity contribution >= 4 is 34.1 Å². The molecule has 0 fully saturated rings. The molecule has 0 spiro atoms. The Morgan fingerprint density at radius 2 is 0.500 bits per heavy atom. The predicted octanol–water partition coefficient (Wildman–Crippen LogP) is 17.3. The first-order valence-corrected chi connectivity index (χ1v) is 24.2. The van der Waals surface area contributed by atoms with Crippen LogP contribution in [0.15, 0.2) is 292 Å². The Morgan fingerprint density at radius 1 is 0.222 bits per heavy atom. The number of anilines is 6. The second-order valence-electron chi connectivity index (χ2n) is 17.6. The third kappa shape index (κ3) is 8.65. The van der Waals surface area contributed by atoms with E-state index in [4.69, 9.17) is 0 Å². The molecular weight excluding hydrogens is 877 g/mol. The standard InChI is InChI=1S/C66H48N6/c1-5-15-51(16-6-1)63-41-43-65(71(63)55-19-9-3-10-20-55)53-29-37-59(38-30-53)69(61-23-13-45-67-47-61)57-33-25-49(26-34-57)50-27-35-58(36-28-50)70(62-24-14-46-68-48-62)60-39-31-54(32-40-60)66-44-42-64(52-17-7-2-8-18-52)72(66)56-21-11-4-12-22-56/h1-48H. The van der Waals surface area contributed by atoms with Crippen LogP contribution in [0, 0.1) is 0 Å². The molecule has 12 aromatic rings. The van der Waals surface area contributed by atoms with E-state index in [-0.39, 0.29) is 0 Å². The number of para-hydroxylation sites is 2. The zero-order valence-electron chi connectivity index (χ0n) is 39.4. The predicted molar refractivity (Wildman–Crippen MR) is 297 cm³/mol. The van der Waals surface area contributed by atoms with Crippen molar-refractivity contribution in [2.24, 2.45) is 0 Å². The highest BCUT2D eigenvalue weighted by molar-refractivity contribution is 5.83. The summed E-state index contributed by atoms with van der Waals surface area (Å²) < 4.78 is 4.69. The van der Waals surface area contributed by atoms with Crippen molar-refractivity contribution in [3.05, 3.63) is 292 Å². The summed E-state index contributed by atoms with van der Waals surface area (Å²) in [6.07, 6.45) is 7.46. The Labute approximate surface area is 420 Å². The summed E-state index contributed by atoms with van der Waals surface area (Å²) in [6.45, 7) is 0. The zero-order chi connectivity index (χ0) is 48.1. The summed E-state index contributed by atoms with van der Waals surface area (Å²) in [5.41, 5.74) is 19.7. The second kappa shape index (κ2) is 19.7. The van der Waals surface area contributed by atoms with E-state index < -0.39 is 0 Å². The van der Waals surface area contributed by atoms with E-state index >= 15 is 0 Å². The fourth-order valence-corrected chi connectivity index (χ4v) is 9.74. The van der Waals surface area contributed by atoms with Gasteiger partial charge in [-0.05, 0) is 155 Å². The molecule has 0 unspecified atom stereocenters. The maximum atomic E-state index is 4.52. The third-order valence-electron chi connectivity index (χ3n) is 13.2. The molecule has 0 radical (unpaired) electrons. The van der Waals surface area contributed by atoms with Gasteiger partial charge in [0.15, 0.2) is 0 Å². The Hall–Kier alpha value is -9.78. The van der Waals surface area contributed by atoms with E-state index in [1.807, 2.05) is 36.9 Å². The van der Waals surface area contributed by atoms with Crippen LogP contribution in [0.4, 0.5) is 34.1 Å². The van der Waals surface area contributed by atoms with Gasteiger partial charge in [-0.15, -0.1) is 0 Å². The molecule has 0 aliphatic heterocycles. The summed E-state index contributed by atoms with van der Waals surface area (Å²) in [5, 5.41) is 0. The topological polar surface area (TPSA) is 42.1 Å². The average Bonchev–Trinajstić information content (AvgIpc) is 4.12. The number of hydrogen-bond donors (Lipinski definition) is 0. The molecule has 0 aliphatic rings. The van der Waals surface area contributed by atoms with Crippen molar-refractivity contribution in [1.82, 2.24) is 19.1 Å². The number of aromatic nitrogens is 4. The van der Waals surface area contributed by atoms with Gasteiger partial charge in [-0.25, -0.2) is 0 Å². The minimum Gasteiger partial charge on any atom is -0.309 e. The lowest BCUT2D eigenvalue weighted by atomic mass is 10.0. The lowest BCUT2D eigenvalue weighted by Crippen LogP contribution is -2.10. The molecule has 0 saturated carbocycles. The fraction of sp³-hybridized carbons (Fsp3) is 0. The highest BCUT2D eigenvalue weighted by Gasteiger charge is 2.19. The van der Waals surface area contributed by atoms with Gasteiger partial charge in [-0.1, -0.05) is 146 Å². The molecule has 0 amide bonds. The lowest BCUT2D eigenvalue weighted by molar-refractivity contribution is 1.09. The number of hydrogen-bond acceptors (Lipinski definition) is 4. The number of nitrogens with zero attached hydrogens (tertiary/aromatic N) is 6. The number of benzene rings is 8. The van der Waals surface area contributed by atoms with Crippen LogP contribution in [0.1, 0.15) is 0 Å². The van der Waals surface area contributed by atoms with Crippen LogP contribution in [-0.4, -0.2) is 19.1 Å². The summed E-state index contributed by atoms with van der Waals surface area (Å²) in [7, 11) is 0. The minimum atomic E-state index is 0.979. The number of rotatable bonds is 13. The Kier molecular flexibility index (Phi) is 11.9. The van der Waals surface area contributed by atoms with E-state index in [9.17, 15) is 0 Å². The molecule has 342 valence electrons. The number of pyridine rings is 2. The van der Waals surface area contributed by atoms with Crippen LogP contribution in [0.3, 0.4) is 0 Å². The molecule has 4 heterocycles. The molecule has 6 nitrogen and oxygen atoms in total. The molecule has 72 heavy (non-hydrogen) atoms. The van der Waals surface area contributed by atoms with Crippen LogP contribution in [-0.2, 0) is 0 Å². The monoisotopic (exact) mass is 924 g/mol. The Morgan fingerprint density at radius 3 is 0.792 bits per heavy atom. The first-order valence-electron chi connectivity index (χ1n) is 24.2. The van der Waals surface area contributed by atoms with Crippen LogP contribution in [0.5, 0.6) is 0 Å². The molecule has 0 saturated heterocycles. The Balaban J connectivity index is 0.830. The molecule has 6 heteroatoms. The fourth-order valence-electron chi connectivity index (χ4n) is 9.74. The van der Waals surface area contributed by atoms with Crippen molar-refractivity contribution in [2.45, 2.75) is 0 Å². The summed E-state index contributed by atoms with van der Waals surface area (Å²) in [5.74, 6) is 0. The largest absolute Gasteiger partial charge is 0.309 e. The first kappa shape index (κ1) is 43.5. The van der Waals surface area contributed by atoms with E-state index in [2.05, 4.69) is 284 Å². The average molecular weight is 925 g/mol. The van der Waals surface area contributed by atoms with Crippen LogP contribution in [0.25, 0.3) is 67.5 Å². The minimum absolute atomic E-state index is 0.979. The smallest absolute Gasteiger partial charge is 0.0644 e. The maximum Gasteiger partial charge on any atom is 0.0644 e. The highest BCUT2D eigenvalue weighted by Crippen LogP contribution is 2.41. The first-order chi connectivity index (χ1) is 35.7. The Bertz CT molecular complexity index is 3420. The molecule has 4 aromatic heterocycles. The molecule has 8 aromatic carbocycles. The van der Waals surface area contributed by atoms with Gasteiger partial charge in [0, 0.05) is 46.5 Å². The molecular formula is C66H48N6. The van der Waals surface area contributed by atoms with E-state index in [1.54, 1.807) is 0 Å². The van der Waals surface area contributed by atoms with E-state index in [0.29, 0.717) is 0 Å². The van der Waals surface area contributed by atoms with Crippen LogP contribution >= 0.6 is 0 Å². The lowest BCUT2D eigenvalue weighted by Gasteiger charge is -2.26. The van der Waals surface area contributed by atoms with Crippen molar-refractivity contribution in [3.63, 3.8) is 0 Å². The van der Waals surface area contributed by atoms with Gasteiger partial charge in [0.05, 0.1) is 46.5 Å². The van der Waals surface area contributed by atoms with Crippen LogP contribution < -0.4 is 9.80 Å². The molecule has 0 N–H and O–H groups in total. The molecule has 0 atom stereocenters. The second-order valence-corrected chi connectivity index (χ2v) is 17.6. The maximum absolute atomic E-state index is 4.52. The van der Waals surface area contributed by atoms with Crippen molar-refractivity contribution in [2.75, 3.05) is 9.80 Å². The van der Waals surface area contributed by atoms with Gasteiger partial charge in [-0.3, -0.25) is 9.97 Å². The van der Waals surface area contributed by atoms with Gasteiger partial charge < -0.3 is 18.9 Å². The normalized spacial score (nSPS) is 11.1. The van der Waals surface area contributed by atoms with Crippen molar-refractivity contribution in [1.29, 1.82) is 0 Å². The van der Waals surface area contributed by atoms with Gasteiger partial charge in [0.2, 0.25) is 0 Å². The highest BCUT2D eigenvalue weighted by atomic mass is 15.2. The van der Waals surface area contributed by atoms with Crippen molar-refractivity contribution in [3.8, 4) is 67.5 Å². The van der Waals surface area contributed by atoms with Crippen LogP contribution in [0.2, 0.25) is 0 Å². The van der Waals surface area contributed by atoms with Gasteiger partial charge in [-0.2, -0.15) is 0 Å². The summed E-state index contributed by atoms with van der Waals surface area (Å²) in [6, 6.07) is 94.6. The zero-order valence-corrected chi connectivity index (χ0v) is 39.4. The molecule has 0 aliphatic carbocycles. The quantitative estimate of drug-likeness (QED) is 0.116. The van der Waals surface area contributed by atoms with Gasteiger partial charge >= 0.3 is 0 Å². The van der Waals surface area contributed by atoms with E-state index in [0.717, 1.165) is 90.5 Å². The molecule has 12 rings (SSSR count). The molecule has 0 bridgehead atoms.